The highest BCUT2D eigenvalue weighted by atomic mass is 16.5. The Labute approximate surface area is 109 Å². The summed E-state index contributed by atoms with van der Waals surface area (Å²) in [6.45, 7) is 7.85. The first kappa shape index (κ1) is 13.4. The first-order valence-corrected chi connectivity index (χ1v) is 6.75. The fourth-order valence-electron chi connectivity index (χ4n) is 2.24. The van der Waals surface area contributed by atoms with Gasteiger partial charge in [-0.15, -0.1) is 0 Å². The first-order chi connectivity index (χ1) is 8.65. The quantitative estimate of drug-likeness (QED) is 0.887. The average molecular weight is 249 g/mol. The van der Waals surface area contributed by atoms with Gasteiger partial charge in [0.25, 0.3) is 0 Å². The van der Waals surface area contributed by atoms with E-state index in [1.165, 1.54) is 11.1 Å². The molecule has 1 saturated heterocycles. The molecule has 0 radical (unpaired) electrons. The number of hydrogen-bond donors (Lipinski definition) is 1. The topological polar surface area (TPSA) is 32.7 Å². The number of aliphatic hydroxyl groups excluding tert-OH is 1. The van der Waals surface area contributed by atoms with Gasteiger partial charge in [0.15, 0.2) is 0 Å². The minimum Gasteiger partial charge on any atom is -0.492 e. The van der Waals surface area contributed by atoms with Crippen molar-refractivity contribution in [1.82, 2.24) is 4.90 Å². The number of rotatable bonds is 4. The summed E-state index contributed by atoms with van der Waals surface area (Å²) in [7, 11) is 0. The van der Waals surface area contributed by atoms with E-state index in [0.29, 0.717) is 0 Å². The minimum absolute atomic E-state index is 0.0954. The third kappa shape index (κ3) is 3.72. The lowest BCUT2D eigenvalue weighted by Gasteiger charge is -2.29. The van der Waals surface area contributed by atoms with E-state index in [-0.39, 0.29) is 6.10 Å². The van der Waals surface area contributed by atoms with Crippen molar-refractivity contribution < 1.29 is 9.84 Å². The van der Waals surface area contributed by atoms with Crippen molar-refractivity contribution in [2.24, 2.45) is 0 Å². The fraction of sp³-hybridized carbons (Fsp3) is 0.600. The number of likely N-dealkylation sites (tertiary alicyclic amines) is 1. The molecule has 18 heavy (non-hydrogen) atoms. The molecule has 0 amide bonds. The third-order valence-electron chi connectivity index (χ3n) is 3.71. The number of hydrogen-bond acceptors (Lipinski definition) is 3. The van der Waals surface area contributed by atoms with Gasteiger partial charge >= 0.3 is 0 Å². The van der Waals surface area contributed by atoms with Gasteiger partial charge in [-0.05, 0) is 49.9 Å². The standard InChI is InChI=1S/C15H23NO2/c1-12-3-4-15(11-13(12)2)18-10-9-16-7-5-14(17)6-8-16/h3-4,11,14,17H,5-10H2,1-2H3. The van der Waals surface area contributed by atoms with E-state index in [9.17, 15) is 5.11 Å². The molecule has 1 aromatic rings. The van der Waals surface area contributed by atoms with E-state index in [1.54, 1.807) is 0 Å². The van der Waals surface area contributed by atoms with Crippen LogP contribution in [0.4, 0.5) is 0 Å². The van der Waals surface area contributed by atoms with E-state index in [0.717, 1.165) is 44.8 Å². The lowest BCUT2D eigenvalue weighted by Crippen LogP contribution is -2.38. The van der Waals surface area contributed by atoms with Gasteiger partial charge < -0.3 is 9.84 Å². The van der Waals surface area contributed by atoms with Gasteiger partial charge in [0.05, 0.1) is 6.10 Å². The Morgan fingerprint density at radius 3 is 2.61 bits per heavy atom. The second-order valence-corrected chi connectivity index (χ2v) is 5.17. The fourth-order valence-corrected chi connectivity index (χ4v) is 2.24. The van der Waals surface area contributed by atoms with Crippen LogP contribution in [0.15, 0.2) is 18.2 Å². The van der Waals surface area contributed by atoms with E-state index in [1.807, 2.05) is 6.07 Å². The van der Waals surface area contributed by atoms with Gasteiger partial charge in [-0.3, -0.25) is 4.90 Å². The number of aryl methyl sites for hydroxylation is 2. The molecule has 100 valence electrons. The summed E-state index contributed by atoms with van der Waals surface area (Å²) in [5, 5.41) is 9.43. The normalized spacial score (nSPS) is 17.9. The molecule has 0 unspecified atom stereocenters. The number of piperidine rings is 1. The molecule has 0 aliphatic carbocycles. The predicted molar refractivity (Wildman–Crippen MR) is 73.1 cm³/mol. The molecule has 1 aromatic carbocycles. The van der Waals surface area contributed by atoms with Crippen molar-refractivity contribution in [3.05, 3.63) is 29.3 Å². The molecule has 1 heterocycles. The van der Waals surface area contributed by atoms with Gasteiger partial charge in [-0.25, -0.2) is 0 Å². The Morgan fingerprint density at radius 2 is 1.94 bits per heavy atom. The van der Waals surface area contributed by atoms with E-state index in [2.05, 4.69) is 30.9 Å². The van der Waals surface area contributed by atoms with Crippen LogP contribution in [-0.4, -0.2) is 42.4 Å². The maximum Gasteiger partial charge on any atom is 0.119 e. The van der Waals surface area contributed by atoms with Crippen molar-refractivity contribution in [3.63, 3.8) is 0 Å². The molecule has 0 spiro atoms. The van der Waals surface area contributed by atoms with Crippen molar-refractivity contribution in [2.75, 3.05) is 26.2 Å². The molecule has 1 aliphatic rings. The van der Waals surface area contributed by atoms with Crippen LogP contribution in [0.25, 0.3) is 0 Å². The molecule has 0 saturated carbocycles. The number of aliphatic hydroxyl groups is 1. The van der Waals surface area contributed by atoms with Gasteiger partial charge in [-0.1, -0.05) is 6.07 Å². The summed E-state index contributed by atoms with van der Waals surface area (Å²) in [5.41, 5.74) is 2.57. The van der Waals surface area contributed by atoms with Crippen LogP contribution < -0.4 is 4.74 Å². The summed E-state index contributed by atoms with van der Waals surface area (Å²) in [4.78, 5) is 2.35. The number of benzene rings is 1. The molecule has 0 aromatic heterocycles. The van der Waals surface area contributed by atoms with Crippen molar-refractivity contribution in [1.29, 1.82) is 0 Å². The maximum atomic E-state index is 9.43. The van der Waals surface area contributed by atoms with E-state index in [4.69, 9.17) is 4.74 Å². The highest BCUT2D eigenvalue weighted by Crippen LogP contribution is 2.16. The Balaban J connectivity index is 1.73. The molecule has 1 aliphatic heterocycles. The van der Waals surface area contributed by atoms with Crippen LogP contribution in [0.1, 0.15) is 24.0 Å². The SMILES string of the molecule is Cc1ccc(OCCN2CCC(O)CC2)cc1C. The van der Waals surface area contributed by atoms with Gasteiger partial charge in [0, 0.05) is 19.6 Å². The zero-order valence-electron chi connectivity index (χ0n) is 11.4. The molecule has 1 fully saturated rings. The Morgan fingerprint density at radius 1 is 1.22 bits per heavy atom. The highest BCUT2D eigenvalue weighted by molar-refractivity contribution is 5.33. The van der Waals surface area contributed by atoms with Crippen LogP contribution in [0.3, 0.4) is 0 Å². The molecule has 1 N–H and O–H groups in total. The van der Waals surface area contributed by atoms with Gasteiger partial charge in [0.2, 0.25) is 0 Å². The van der Waals surface area contributed by atoms with Crippen LogP contribution in [0, 0.1) is 13.8 Å². The Bertz CT molecular complexity index is 384. The highest BCUT2D eigenvalue weighted by Gasteiger charge is 2.16. The first-order valence-electron chi connectivity index (χ1n) is 6.75. The van der Waals surface area contributed by atoms with E-state index < -0.39 is 0 Å². The largest absolute Gasteiger partial charge is 0.492 e. The van der Waals surface area contributed by atoms with Crippen molar-refractivity contribution in [2.45, 2.75) is 32.8 Å². The van der Waals surface area contributed by atoms with Crippen molar-refractivity contribution in [3.8, 4) is 5.75 Å². The lowest BCUT2D eigenvalue weighted by atomic mass is 10.1. The number of nitrogens with zero attached hydrogens (tertiary/aromatic N) is 1. The monoisotopic (exact) mass is 249 g/mol. The summed E-state index contributed by atoms with van der Waals surface area (Å²) in [5.74, 6) is 0.954. The second-order valence-electron chi connectivity index (χ2n) is 5.17. The minimum atomic E-state index is -0.0954. The van der Waals surface area contributed by atoms with Gasteiger partial charge in [0.1, 0.15) is 12.4 Å². The van der Waals surface area contributed by atoms with E-state index >= 15 is 0 Å². The zero-order valence-corrected chi connectivity index (χ0v) is 11.4. The van der Waals surface area contributed by atoms with Gasteiger partial charge in [-0.2, -0.15) is 0 Å². The van der Waals surface area contributed by atoms with Crippen LogP contribution >= 0.6 is 0 Å². The Hall–Kier alpha value is -1.06. The summed E-state index contributed by atoms with van der Waals surface area (Å²) in [6.07, 6.45) is 1.69. The summed E-state index contributed by atoms with van der Waals surface area (Å²) < 4.78 is 5.77. The summed E-state index contributed by atoms with van der Waals surface area (Å²) >= 11 is 0. The molecule has 2 rings (SSSR count). The molecule has 3 nitrogen and oxygen atoms in total. The van der Waals surface area contributed by atoms with Crippen LogP contribution in [0.5, 0.6) is 5.75 Å². The lowest BCUT2D eigenvalue weighted by molar-refractivity contribution is 0.0755. The Kier molecular flexibility index (Phi) is 4.61. The molecule has 0 atom stereocenters. The smallest absolute Gasteiger partial charge is 0.119 e. The molecule has 0 bridgehead atoms. The van der Waals surface area contributed by atoms with Crippen LogP contribution in [-0.2, 0) is 0 Å². The zero-order chi connectivity index (χ0) is 13.0. The van der Waals surface area contributed by atoms with Crippen LogP contribution in [0.2, 0.25) is 0 Å². The second kappa shape index (κ2) is 6.21. The average Bonchev–Trinajstić information content (AvgIpc) is 2.36. The third-order valence-corrected chi connectivity index (χ3v) is 3.71. The maximum absolute atomic E-state index is 9.43. The number of ether oxygens (including phenoxy) is 1. The van der Waals surface area contributed by atoms with Crippen molar-refractivity contribution >= 4 is 0 Å². The molecular formula is C15H23NO2. The predicted octanol–water partition coefficient (Wildman–Crippen LogP) is 2.14. The molecule has 3 heteroatoms. The molecular weight excluding hydrogens is 226 g/mol. The summed E-state index contributed by atoms with van der Waals surface area (Å²) in [6, 6.07) is 6.22.